The zero-order valence-corrected chi connectivity index (χ0v) is 19.0. The summed E-state index contributed by atoms with van der Waals surface area (Å²) >= 11 is 1.39. The summed E-state index contributed by atoms with van der Waals surface area (Å²) in [5, 5.41) is 0.485. The van der Waals surface area contributed by atoms with Gasteiger partial charge in [-0.2, -0.15) is 4.99 Å². The Morgan fingerprint density at radius 2 is 1.84 bits per heavy atom. The summed E-state index contributed by atoms with van der Waals surface area (Å²) in [5.41, 5.74) is 1.54. The molecule has 0 radical (unpaired) electrons. The van der Waals surface area contributed by atoms with Gasteiger partial charge < -0.3 is 14.4 Å². The topological polar surface area (TPSA) is 85.3 Å². The second-order valence-corrected chi connectivity index (χ2v) is 10.9. The van der Waals surface area contributed by atoms with Crippen molar-refractivity contribution in [1.82, 2.24) is 4.90 Å². The number of amidine groups is 1. The van der Waals surface area contributed by atoms with Crippen molar-refractivity contribution in [2.45, 2.75) is 17.7 Å². The molecule has 0 bridgehead atoms. The highest BCUT2D eigenvalue weighted by atomic mass is 32.2. The van der Waals surface area contributed by atoms with Crippen LogP contribution in [0.4, 0.5) is 0 Å². The van der Waals surface area contributed by atoms with Crippen LogP contribution in [-0.2, 0) is 16.3 Å². The Bertz CT molecular complexity index is 1100. The smallest absolute Gasteiger partial charge is 0.279 e. The number of rotatable bonds is 6. The van der Waals surface area contributed by atoms with E-state index < -0.39 is 15.7 Å². The predicted octanol–water partition coefficient (Wildman–Crippen LogP) is 2.66. The second kappa shape index (κ2) is 8.92. The number of sulfone groups is 1. The van der Waals surface area contributed by atoms with Crippen molar-refractivity contribution in [3.8, 4) is 11.5 Å². The van der Waals surface area contributed by atoms with Crippen LogP contribution in [0.5, 0.6) is 11.5 Å². The molecular formula is C22H24N2O5S2. The Morgan fingerprint density at radius 3 is 2.55 bits per heavy atom. The van der Waals surface area contributed by atoms with E-state index in [1.54, 1.807) is 18.2 Å². The van der Waals surface area contributed by atoms with Gasteiger partial charge in [0.15, 0.2) is 26.5 Å². The number of carbonyl (C=O) groups is 1. The zero-order valence-electron chi connectivity index (χ0n) is 17.4. The van der Waals surface area contributed by atoms with Crippen LogP contribution in [-0.4, -0.2) is 68.0 Å². The molecular weight excluding hydrogens is 436 g/mol. The van der Waals surface area contributed by atoms with E-state index in [0.717, 1.165) is 12.0 Å². The molecule has 2 fully saturated rings. The van der Waals surface area contributed by atoms with Crippen molar-refractivity contribution in [1.29, 1.82) is 0 Å². The van der Waals surface area contributed by atoms with Gasteiger partial charge in [-0.15, -0.1) is 0 Å². The summed E-state index contributed by atoms with van der Waals surface area (Å²) in [6.07, 6.45) is 0.744. The van der Waals surface area contributed by atoms with Crippen LogP contribution in [0.2, 0.25) is 0 Å². The molecule has 2 aliphatic heterocycles. The molecule has 1 amide bonds. The minimum atomic E-state index is -3.07. The van der Waals surface area contributed by atoms with E-state index in [2.05, 4.69) is 4.99 Å². The van der Waals surface area contributed by atoms with Crippen molar-refractivity contribution in [2.75, 3.05) is 32.3 Å². The number of methoxy groups -OCH3 is 2. The fourth-order valence-electron chi connectivity index (χ4n) is 3.91. The minimum absolute atomic E-state index is 0.0993. The summed E-state index contributed by atoms with van der Waals surface area (Å²) in [6.45, 7) is 0.603. The fourth-order valence-corrected chi connectivity index (χ4v) is 7.89. The summed E-state index contributed by atoms with van der Waals surface area (Å²) in [6, 6.07) is 14.8. The molecule has 0 N–H and O–H groups in total. The number of carbonyl (C=O) groups excluding carboxylic acids is 1. The second-order valence-electron chi connectivity index (χ2n) is 7.50. The lowest BCUT2D eigenvalue weighted by Gasteiger charge is -2.24. The summed E-state index contributed by atoms with van der Waals surface area (Å²) in [7, 11) is -0.0294. The van der Waals surface area contributed by atoms with Crippen LogP contribution in [0.1, 0.15) is 15.9 Å². The number of thioether (sulfide) groups is 1. The van der Waals surface area contributed by atoms with Gasteiger partial charge >= 0.3 is 0 Å². The number of hydrogen-bond acceptors (Lipinski definition) is 6. The van der Waals surface area contributed by atoms with Crippen LogP contribution in [0, 0.1) is 0 Å². The van der Waals surface area contributed by atoms with E-state index in [-0.39, 0.29) is 22.8 Å². The highest BCUT2D eigenvalue weighted by molar-refractivity contribution is 8.15. The molecule has 0 unspecified atom stereocenters. The number of benzene rings is 2. The van der Waals surface area contributed by atoms with Gasteiger partial charge in [0.1, 0.15) is 0 Å². The molecule has 7 nitrogen and oxygen atoms in total. The molecule has 0 aromatic heterocycles. The highest BCUT2D eigenvalue weighted by Crippen LogP contribution is 2.38. The van der Waals surface area contributed by atoms with Gasteiger partial charge in [0.25, 0.3) is 5.91 Å². The molecule has 164 valence electrons. The molecule has 9 heteroatoms. The third kappa shape index (κ3) is 4.72. The zero-order chi connectivity index (χ0) is 22.0. The maximum atomic E-state index is 12.9. The first-order valence-electron chi connectivity index (χ1n) is 9.93. The summed E-state index contributed by atoms with van der Waals surface area (Å²) in [4.78, 5) is 19.3. The van der Waals surface area contributed by atoms with Gasteiger partial charge in [0.05, 0.1) is 31.8 Å². The molecule has 2 aromatic rings. The Labute approximate surface area is 186 Å². The molecule has 2 aromatic carbocycles. The molecule has 2 heterocycles. The van der Waals surface area contributed by atoms with Crippen LogP contribution in [0.15, 0.2) is 53.5 Å². The maximum Gasteiger partial charge on any atom is 0.279 e. The molecule has 0 aliphatic carbocycles. The molecule has 2 aliphatic rings. The molecule has 31 heavy (non-hydrogen) atoms. The van der Waals surface area contributed by atoms with Gasteiger partial charge in [0.2, 0.25) is 0 Å². The van der Waals surface area contributed by atoms with Crippen LogP contribution >= 0.6 is 11.8 Å². The summed E-state index contributed by atoms with van der Waals surface area (Å²) in [5.74, 6) is 0.815. The van der Waals surface area contributed by atoms with E-state index >= 15 is 0 Å². The molecule has 0 spiro atoms. The first kappa shape index (κ1) is 21.7. The third-order valence-corrected chi connectivity index (χ3v) is 8.73. The average molecular weight is 461 g/mol. The third-order valence-electron chi connectivity index (χ3n) is 5.49. The van der Waals surface area contributed by atoms with Crippen molar-refractivity contribution in [2.24, 2.45) is 4.99 Å². The number of nitrogens with zero attached hydrogens (tertiary/aromatic N) is 2. The number of aliphatic imine (C=N–C) groups is 1. The Hall–Kier alpha value is -2.52. The monoisotopic (exact) mass is 460 g/mol. The predicted molar refractivity (Wildman–Crippen MR) is 122 cm³/mol. The number of hydrogen-bond donors (Lipinski definition) is 0. The number of ether oxygens (including phenoxy) is 2. The van der Waals surface area contributed by atoms with E-state index in [1.165, 1.54) is 26.0 Å². The standard InChI is InChI=1S/C22H24N2O5S2/c1-28-18-9-8-16(12-19(18)29-2)21(25)23-22-24(11-10-15-6-4-3-5-7-15)17-13-31(26,27)14-20(17)30-22/h3-9,12,17,20H,10-11,13-14H2,1-2H3/t17-,20-/m1/s1. The SMILES string of the molecule is COc1ccc(C(=O)N=C2S[C@@H]3CS(=O)(=O)C[C@H]3N2CCc2ccccc2)cc1OC. The van der Waals surface area contributed by atoms with Gasteiger partial charge in [-0.3, -0.25) is 4.79 Å². The number of amides is 1. The number of fused-ring (bicyclic) bond motifs is 1. The molecule has 0 saturated carbocycles. The van der Waals surface area contributed by atoms with Crippen molar-refractivity contribution >= 4 is 32.7 Å². The van der Waals surface area contributed by atoms with Crippen LogP contribution in [0.3, 0.4) is 0 Å². The van der Waals surface area contributed by atoms with Crippen LogP contribution in [0.25, 0.3) is 0 Å². The highest BCUT2D eigenvalue weighted by Gasteiger charge is 2.48. The van der Waals surface area contributed by atoms with Crippen molar-refractivity contribution in [3.05, 3.63) is 59.7 Å². The Morgan fingerprint density at radius 1 is 1.10 bits per heavy atom. The lowest BCUT2D eigenvalue weighted by Crippen LogP contribution is -2.39. The Balaban J connectivity index is 1.59. The van der Waals surface area contributed by atoms with E-state index in [4.69, 9.17) is 9.47 Å². The van der Waals surface area contributed by atoms with Gasteiger partial charge in [-0.05, 0) is 30.2 Å². The largest absolute Gasteiger partial charge is 0.493 e. The fraction of sp³-hybridized carbons (Fsp3) is 0.364. The van der Waals surface area contributed by atoms with E-state index in [0.29, 0.717) is 28.8 Å². The first-order chi connectivity index (χ1) is 14.9. The normalized spacial score (nSPS) is 23.0. The molecule has 4 rings (SSSR count). The molecule has 2 saturated heterocycles. The quantitative estimate of drug-likeness (QED) is 0.655. The van der Waals surface area contributed by atoms with Crippen molar-refractivity contribution in [3.63, 3.8) is 0 Å². The summed E-state index contributed by atoms with van der Waals surface area (Å²) < 4.78 is 34.9. The van der Waals surface area contributed by atoms with E-state index in [1.807, 2.05) is 35.2 Å². The van der Waals surface area contributed by atoms with Gasteiger partial charge in [-0.25, -0.2) is 8.42 Å². The lowest BCUT2D eigenvalue weighted by atomic mass is 10.1. The van der Waals surface area contributed by atoms with Crippen molar-refractivity contribution < 1.29 is 22.7 Å². The average Bonchev–Trinajstić information content (AvgIpc) is 3.23. The maximum absolute atomic E-state index is 12.9. The van der Waals surface area contributed by atoms with Gasteiger partial charge in [0, 0.05) is 17.4 Å². The Kier molecular flexibility index (Phi) is 6.24. The minimum Gasteiger partial charge on any atom is -0.493 e. The molecule has 2 atom stereocenters. The van der Waals surface area contributed by atoms with Gasteiger partial charge in [-0.1, -0.05) is 42.1 Å². The van der Waals surface area contributed by atoms with Crippen LogP contribution < -0.4 is 9.47 Å². The van der Waals surface area contributed by atoms with E-state index in [9.17, 15) is 13.2 Å². The lowest BCUT2D eigenvalue weighted by molar-refractivity contribution is 0.100. The first-order valence-corrected chi connectivity index (χ1v) is 12.6.